The van der Waals surface area contributed by atoms with E-state index in [0.717, 1.165) is 32.9 Å². The van der Waals surface area contributed by atoms with E-state index in [1.165, 1.54) is 0 Å². The van der Waals surface area contributed by atoms with E-state index in [-0.39, 0.29) is 22.4 Å². The molecule has 0 radical (unpaired) electrons. The van der Waals surface area contributed by atoms with Crippen molar-refractivity contribution >= 4 is 47.1 Å². The molecule has 2 aromatic carbocycles. The summed E-state index contributed by atoms with van der Waals surface area (Å²) >= 11 is 0. The number of rotatable bonds is 2. The highest BCUT2D eigenvalue weighted by molar-refractivity contribution is 6.63. The number of furan rings is 1. The van der Waals surface area contributed by atoms with Gasteiger partial charge in [-0.2, -0.15) is 0 Å². The summed E-state index contributed by atoms with van der Waals surface area (Å²) < 4.78 is 31.1. The van der Waals surface area contributed by atoms with Crippen LogP contribution in [0, 0.1) is 0 Å². The molecular weight excluding hydrogens is 390 g/mol. The van der Waals surface area contributed by atoms with E-state index >= 15 is 0 Å². The SMILES string of the molecule is CC1(C)OB(c2ccc3oc4ccc(B5OC(C)(C)C(C)(C)O5)cc4c3c2)OC1(C)C. The molecule has 0 amide bonds. The van der Waals surface area contributed by atoms with Crippen molar-refractivity contribution in [3.05, 3.63) is 36.4 Å². The predicted octanol–water partition coefficient (Wildman–Crippen LogP) is 4.18. The molecule has 1 aromatic heterocycles. The number of fused-ring (bicyclic) bond motifs is 3. The van der Waals surface area contributed by atoms with Gasteiger partial charge in [0.25, 0.3) is 0 Å². The van der Waals surface area contributed by atoms with Crippen LogP contribution in [0.15, 0.2) is 40.8 Å². The lowest BCUT2D eigenvalue weighted by Gasteiger charge is -2.32. The number of hydrogen-bond donors (Lipinski definition) is 0. The number of benzene rings is 2. The normalized spacial score (nSPS) is 23.9. The van der Waals surface area contributed by atoms with Gasteiger partial charge in [0, 0.05) is 10.8 Å². The Balaban J connectivity index is 1.55. The zero-order chi connectivity index (χ0) is 22.4. The maximum absolute atomic E-state index is 6.25. The van der Waals surface area contributed by atoms with Gasteiger partial charge in [-0.05, 0) is 78.4 Å². The van der Waals surface area contributed by atoms with Crippen LogP contribution in [0.5, 0.6) is 0 Å². The van der Waals surface area contributed by atoms with Crippen LogP contribution in [0.4, 0.5) is 0 Å². The van der Waals surface area contributed by atoms with Gasteiger partial charge in [-0.1, -0.05) is 24.3 Å². The summed E-state index contributed by atoms with van der Waals surface area (Å²) in [6.45, 7) is 16.5. The van der Waals surface area contributed by atoms with Crippen LogP contribution >= 0.6 is 0 Å². The summed E-state index contributed by atoms with van der Waals surface area (Å²) in [5.74, 6) is 0. The van der Waals surface area contributed by atoms with E-state index in [1.54, 1.807) is 0 Å². The topological polar surface area (TPSA) is 50.1 Å². The van der Waals surface area contributed by atoms with E-state index in [1.807, 2.05) is 24.3 Å². The zero-order valence-electron chi connectivity index (χ0n) is 19.7. The van der Waals surface area contributed by atoms with Crippen LogP contribution < -0.4 is 10.9 Å². The standard InChI is InChI=1S/C24H30B2O5/c1-21(2)22(3,4)29-25(28-21)15-9-11-19-17(13-15)18-14-16(10-12-20(18)27-19)26-30-23(5,6)24(7,8)31-26/h9-14H,1-8H3. The molecule has 3 aromatic rings. The summed E-state index contributed by atoms with van der Waals surface area (Å²) in [6.07, 6.45) is 0. The monoisotopic (exact) mass is 420 g/mol. The zero-order valence-corrected chi connectivity index (χ0v) is 19.7. The van der Waals surface area contributed by atoms with E-state index in [4.69, 9.17) is 23.0 Å². The van der Waals surface area contributed by atoms with Crippen molar-refractivity contribution in [3.63, 3.8) is 0 Å². The molecule has 31 heavy (non-hydrogen) atoms. The van der Waals surface area contributed by atoms with Crippen molar-refractivity contribution in [3.8, 4) is 0 Å². The van der Waals surface area contributed by atoms with Crippen LogP contribution in [0.2, 0.25) is 0 Å². The molecule has 2 fully saturated rings. The molecular formula is C24H30B2O5. The van der Waals surface area contributed by atoms with Crippen molar-refractivity contribution < 1.29 is 23.0 Å². The Kier molecular flexibility index (Phi) is 4.34. The van der Waals surface area contributed by atoms with E-state index in [0.29, 0.717) is 0 Å². The second-order valence-electron chi connectivity index (χ2n) is 10.8. The molecule has 5 rings (SSSR count). The van der Waals surface area contributed by atoms with Gasteiger partial charge in [0.05, 0.1) is 22.4 Å². The molecule has 0 N–H and O–H groups in total. The lowest BCUT2D eigenvalue weighted by atomic mass is 9.77. The Morgan fingerprint density at radius 3 is 1.16 bits per heavy atom. The maximum atomic E-state index is 6.25. The van der Waals surface area contributed by atoms with Crippen molar-refractivity contribution in [1.29, 1.82) is 0 Å². The molecule has 0 unspecified atom stereocenters. The Bertz CT molecular complexity index is 1060. The predicted molar refractivity (Wildman–Crippen MR) is 125 cm³/mol. The number of hydrogen-bond acceptors (Lipinski definition) is 5. The lowest BCUT2D eigenvalue weighted by Crippen LogP contribution is -2.41. The smallest absolute Gasteiger partial charge is 0.456 e. The summed E-state index contributed by atoms with van der Waals surface area (Å²) in [7, 11) is -0.823. The van der Waals surface area contributed by atoms with E-state index < -0.39 is 14.2 Å². The highest BCUT2D eigenvalue weighted by Gasteiger charge is 2.52. The second kappa shape index (κ2) is 6.38. The highest BCUT2D eigenvalue weighted by Crippen LogP contribution is 2.38. The first-order valence-corrected chi connectivity index (χ1v) is 11.0. The molecule has 0 atom stereocenters. The maximum Gasteiger partial charge on any atom is 0.494 e. The van der Waals surface area contributed by atoms with Crippen molar-refractivity contribution in [1.82, 2.24) is 0 Å². The fraction of sp³-hybridized carbons (Fsp3) is 0.500. The van der Waals surface area contributed by atoms with Gasteiger partial charge in [-0.3, -0.25) is 0 Å². The first kappa shape index (κ1) is 21.1. The third-order valence-electron chi connectivity index (χ3n) is 7.57. The third-order valence-corrected chi connectivity index (χ3v) is 7.57. The third kappa shape index (κ3) is 3.17. The van der Waals surface area contributed by atoms with Gasteiger partial charge in [0.1, 0.15) is 11.2 Å². The minimum atomic E-state index is -0.411. The van der Waals surface area contributed by atoms with E-state index in [9.17, 15) is 0 Å². The quantitative estimate of drug-likeness (QED) is 0.583. The average molecular weight is 420 g/mol. The molecule has 2 aliphatic heterocycles. The van der Waals surface area contributed by atoms with Gasteiger partial charge in [0.2, 0.25) is 0 Å². The van der Waals surface area contributed by atoms with Gasteiger partial charge < -0.3 is 23.0 Å². The molecule has 2 saturated heterocycles. The van der Waals surface area contributed by atoms with Crippen LogP contribution in [-0.2, 0) is 18.6 Å². The molecule has 2 aliphatic rings. The van der Waals surface area contributed by atoms with Gasteiger partial charge in [-0.15, -0.1) is 0 Å². The van der Waals surface area contributed by atoms with Crippen LogP contribution in [0.1, 0.15) is 55.4 Å². The molecule has 7 heteroatoms. The first-order valence-electron chi connectivity index (χ1n) is 11.0. The van der Waals surface area contributed by atoms with Crippen molar-refractivity contribution in [2.75, 3.05) is 0 Å². The van der Waals surface area contributed by atoms with Gasteiger partial charge >= 0.3 is 14.2 Å². The molecule has 0 saturated carbocycles. The van der Waals surface area contributed by atoms with Crippen LogP contribution in [0.3, 0.4) is 0 Å². The largest absolute Gasteiger partial charge is 0.494 e. The van der Waals surface area contributed by atoms with Crippen molar-refractivity contribution in [2.24, 2.45) is 0 Å². The second-order valence-corrected chi connectivity index (χ2v) is 10.8. The average Bonchev–Trinajstić information content (AvgIpc) is 3.20. The van der Waals surface area contributed by atoms with Gasteiger partial charge in [-0.25, -0.2) is 0 Å². The highest BCUT2D eigenvalue weighted by atomic mass is 16.7. The summed E-state index contributed by atoms with van der Waals surface area (Å²) in [4.78, 5) is 0. The molecule has 0 bridgehead atoms. The molecule has 0 aliphatic carbocycles. The Morgan fingerprint density at radius 2 is 0.839 bits per heavy atom. The minimum Gasteiger partial charge on any atom is -0.456 e. The Morgan fingerprint density at radius 1 is 0.516 bits per heavy atom. The minimum absolute atomic E-state index is 0.380. The fourth-order valence-corrected chi connectivity index (χ4v) is 4.06. The van der Waals surface area contributed by atoms with Gasteiger partial charge in [0.15, 0.2) is 0 Å². The molecule has 162 valence electrons. The Hall–Kier alpha value is -1.79. The van der Waals surface area contributed by atoms with Crippen LogP contribution in [0.25, 0.3) is 21.9 Å². The Labute approximate surface area is 184 Å². The van der Waals surface area contributed by atoms with Crippen LogP contribution in [-0.4, -0.2) is 36.6 Å². The summed E-state index contributed by atoms with van der Waals surface area (Å²) in [5, 5.41) is 2.06. The van der Waals surface area contributed by atoms with Crippen molar-refractivity contribution in [2.45, 2.75) is 77.8 Å². The molecule has 5 nitrogen and oxygen atoms in total. The first-order chi connectivity index (χ1) is 14.3. The molecule has 0 spiro atoms. The lowest BCUT2D eigenvalue weighted by molar-refractivity contribution is 0.00578. The summed E-state index contributed by atoms with van der Waals surface area (Å²) in [6, 6.07) is 12.2. The fourth-order valence-electron chi connectivity index (χ4n) is 4.06. The molecule has 3 heterocycles. The van der Waals surface area contributed by atoms with E-state index in [2.05, 4.69) is 67.5 Å². The summed E-state index contributed by atoms with van der Waals surface area (Å²) in [5.41, 5.74) is 2.11.